The summed E-state index contributed by atoms with van der Waals surface area (Å²) in [6.07, 6.45) is 34.1. The van der Waals surface area contributed by atoms with Gasteiger partial charge in [0.05, 0.1) is 19.8 Å². The van der Waals surface area contributed by atoms with Crippen LogP contribution in [0.3, 0.4) is 0 Å². The molecule has 55 heavy (non-hydrogen) atoms. The molecule has 0 amide bonds. The van der Waals surface area contributed by atoms with Gasteiger partial charge in [-0.25, -0.2) is 0 Å². The summed E-state index contributed by atoms with van der Waals surface area (Å²) < 4.78 is 22.8. The largest absolute Gasteiger partial charge is 0.457 e. The minimum Gasteiger partial charge on any atom is -0.457 e. The van der Waals surface area contributed by atoms with E-state index >= 15 is 0 Å². The standard InChI is InChI=1S/C46H90O9/c1-3-5-7-9-11-13-15-17-19-20-21-22-24-26-28-30-32-34-36-52-38-40(39-53-46-45(51)44(50)43(49)41(37-47)55-46)54-42(48)35-33-31-29-27-25-23-18-16-14-12-10-8-6-4-2/h40-41,43-47,49-51H,3-39H2,1-2H3. The van der Waals surface area contributed by atoms with E-state index in [9.17, 15) is 25.2 Å². The maximum atomic E-state index is 12.8. The smallest absolute Gasteiger partial charge is 0.306 e. The Hall–Kier alpha value is -0.810. The van der Waals surface area contributed by atoms with Gasteiger partial charge in [0.1, 0.15) is 30.5 Å². The highest BCUT2D eigenvalue weighted by Gasteiger charge is 2.44. The van der Waals surface area contributed by atoms with Crippen molar-refractivity contribution in [3.05, 3.63) is 0 Å². The fraction of sp³-hybridized carbons (Fsp3) is 0.978. The number of aliphatic hydroxyl groups is 4. The zero-order chi connectivity index (χ0) is 40.0. The van der Waals surface area contributed by atoms with Crippen molar-refractivity contribution in [1.29, 1.82) is 0 Å². The van der Waals surface area contributed by atoms with Crippen LogP contribution in [-0.2, 0) is 23.7 Å². The normalized spacial score (nSPS) is 20.6. The van der Waals surface area contributed by atoms with Crippen LogP contribution in [0.2, 0.25) is 0 Å². The van der Waals surface area contributed by atoms with Crippen LogP contribution in [0.15, 0.2) is 0 Å². The maximum Gasteiger partial charge on any atom is 0.306 e. The van der Waals surface area contributed by atoms with Crippen LogP contribution in [0.4, 0.5) is 0 Å². The molecule has 1 heterocycles. The van der Waals surface area contributed by atoms with Crippen LogP contribution in [0.1, 0.15) is 226 Å². The number of hydrogen-bond acceptors (Lipinski definition) is 9. The van der Waals surface area contributed by atoms with Crippen LogP contribution in [0.25, 0.3) is 0 Å². The summed E-state index contributed by atoms with van der Waals surface area (Å²) in [5.74, 6) is -0.307. The zero-order valence-corrected chi connectivity index (χ0v) is 36.0. The van der Waals surface area contributed by atoms with Crippen LogP contribution in [-0.4, -0.2) is 89.6 Å². The lowest BCUT2D eigenvalue weighted by Crippen LogP contribution is -2.59. The highest BCUT2D eigenvalue weighted by atomic mass is 16.7. The lowest BCUT2D eigenvalue weighted by molar-refractivity contribution is -0.305. The van der Waals surface area contributed by atoms with Gasteiger partial charge < -0.3 is 39.4 Å². The molecule has 0 aromatic carbocycles. The fourth-order valence-corrected chi connectivity index (χ4v) is 7.55. The second-order valence-electron chi connectivity index (χ2n) is 16.6. The SMILES string of the molecule is CCCCCCCCCCCCCCCCCCCCOCC(COC1OC(CO)C(O)C(O)C1O)OC(=O)CCCCCCCCCCCCCCCC. The van der Waals surface area contributed by atoms with Crippen molar-refractivity contribution >= 4 is 5.97 Å². The third kappa shape index (κ3) is 30.0. The van der Waals surface area contributed by atoms with Crippen molar-refractivity contribution in [3.63, 3.8) is 0 Å². The number of carbonyl (C=O) groups is 1. The molecule has 1 aliphatic heterocycles. The summed E-state index contributed by atoms with van der Waals surface area (Å²) in [4.78, 5) is 12.8. The van der Waals surface area contributed by atoms with Gasteiger partial charge in [-0.2, -0.15) is 0 Å². The molecule has 328 valence electrons. The molecule has 1 aliphatic rings. The molecule has 0 aromatic heterocycles. The molecule has 0 spiro atoms. The van der Waals surface area contributed by atoms with Crippen LogP contribution >= 0.6 is 0 Å². The van der Waals surface area contributed by atoms with E-state index in [-0.39, 0.29) is 19.2 Å². The van der Waals surface area contributed by atoms with Gasteiger partial charge in [0, 0.05) is 13.0 Å². The Labute approximate surface area is 338 Å². The Morgan fingerprint density at radius 2 is 0.891 bits per heavy atom. The van der Waals surface area contributed by atoms with E-state index < -0.39 is 43.4 Å². The van der Waals surface area contributed by atoms with Gasteiger partial charge in [-0.1, -0.05) is 206 Å². The molecule has 1 fully saturated rings. The van der Waals surface area contributed by atoms with Gasteiger partial charge in [0.25, 0.3) is 0 Å². The highest BCUT2D eigenvalue weighted by molar-refractivity contribution is 5.69. The number of carbonyl (C=O) groups excluding carboxylic acids is 1. The molecular formula is C46H90O9. The third-order valence-corrected chi connectivity index (χ3v) is 11.3. The average molecular weight is 787 g/mol. The van der Waals surface area contributed by atoms with Crippen molar-refractivity contribution in [3.8, 4) is 0 Å². The summed E-state index contributed by atoms with van der Waals surface area (Å²) in [5.41, 5.74) is 0. The monoisotopic (exact) mass is 787 g/mol. The van der Waals surface area contributed by atoms with Crippen molar-refractivity contribution in [2.45, 2.75) is 263 Å². The molecule has 4 N–H and O–H groups in total. The van der Waals surface area contributed by atoms with E-state index in [1.54, 1.807) is 0 Å². The summed E-state index contributed by atoms with van der Waals surface area (Å²) >= 11 is 0. The molecule has 1 rings (SSSR count). The number of esters is 1. The van der Waals surface area contributed by atoms with Crippen molar-refractivity contribution in [1.82, 2.24) is 0 Å². The molecule has 1 saturated heterocycles. The summed E-state index contributed by atoms with van der Waals surface area (Å²) in [7, 11) is 0. The van der Waals surface area contributed by atoms with E-state index in [0.29, 0.717) is 13.0 Å². The number of hydrogen-bond donors (Lipinski definition) is 4. The van der Waals surface area contributed by atoms with Gasteiger partial charge in [-0.15, -0.1) is 0 Å². The van der Waals surface area contributed by atoms with Gasteiger partial charge in [0.2, 0.25) is 0 Å². The zero-order valence-electron chi connectivity index (χ0n) is 36.0. The minimum atomic E-state index is -1.53. The van der Waals surface area contributed by atoms with E-state index in [1.807, 2.05) is 0 Å². The maximum absolute atomic E-state index is 12.8. The minimum absolute atomic E-state index is 0.105. The van der Waals surface area contributed by atoms with Gasteiger partial charge in [-0.05, 0) is 12.8 Å². The Morgan fingerprint density at radius 1 is 0.509 bits per heavy atom. The molecule has 9 nitrogen and oxygen atoms in total. The van der Waals surface area contributed by atoms with Crippen molar-refractivity contribution in [2.75, 3.05) is 26.4 Å². The predicted octanol–water partition coefficient (Wildman–Crippen LogP) is 10.6. The molecule has 0 radical (unpaired) electrons. The first-order valence-electron chi connectivity index (χ1n) is 23.6. The molecule has 0 aromatic rings. The lowest BCUT2D eigenvalue weighted by Gasteiger charge is -2.39. The second kappa shape index (κ2) is 38.7. The van der Waals surface area contributed by atoms with Crippen LogP contribution < -0.4 is 0 Å². The van der Waals surface area contributed by atoms with E-state index in [0.717, 1.165) is 32.1 Å². The Balaban J connectivity index is 2.22. The van der Waals surface area contributed by atoms with Crippen molar-refractivity contribution < 1.29 is 44.2 Å². The van der Waals surface area contributed by atoms with Gasteiger partial charge in [-0.3, -0.25) is 4.79 Å². The first kappa shape index (κ1) is 52.2. The number of ether oxygens (including phenoxy) is 4. The summed E-state index contributed by atoms with van der Waals surface area (Å²) in [6, 6.07) is 0. The molecule has 9 heteroatoms. The number of rotatable bonds is 41. The number of aliphatic hydroxyl groups excluding tert-OH is 4. The summed E-state index contributed by atoms with van der Waals surface area (Å²) in [6.45, 7) is 4.61. The van der Waals surface area contributed by atoms with Crippen LogP contribution in [0.5, 0.6) is 0 Å². The molecule has 0 aliphatic carbocycles. The molecule has 0 bridgehead atoms. The van der Waals surface area contributed by atoms with E-state index in [1.165, 1.54) is 173 Å². The fourth-order valence-electron chi connectivity index (χ4n) is 7.55. The summed E-state index contributed by atoms with van der Waals surface area (Å²) in [5, 5.41) is 40.1. The highest BCUT2D eigenvalue weighted by Crippen LogP contribution is 2.23. The Morgan fingerprint density at radius 3 is 1.29 bits per heavy atom. The van der Waals surface area contributed by atoms with E-state index in [2.05, 4.69) is 13.8 Å². The first-order chi connectivity index (χ1) is 26.9. The lowest BCUT2D eigenvalue weighted by atomic mass is 9.99. The Bertz CT molecular complexity index is 812. The molecule has 6 atom stereocenters. The second-order valence-corrected chi connectivity index (χ2v) is 16.6. The topological polar surface area (TPSA) is 135 Å². The molecule has 6 unspecified atom stereocenters. The Kier molecular flexibility index (Phi) is 36.7. The predicted molar refractivity (Wildman–Crippen MR) is 224 cm³/mol. The first-order valence-corrected chi connectivity index (χ1v) is 23.6. The van der Waals surface area contributed by atoms with Gasteiger partial charge >= 0.3 is 5.97 Å². The van der Waals surface area contributed by atoms with Gasteiger partial charge in [0.15, 0.2) is 6.29 Å². The molecule has 0 saturated carbocycles. The third-order valence-electron chi connectivity index (χ3n) is 11.3. The van der Waals surface area contributed by atoms with E-state index in [4.69, 9.17) is 18.9 Å². The average Bonchev–Trinajstić information content (AvgIpc) is 3.18. The number of unbranched alkanes of at least 4 members (excludes halogenated alkanes) is 30. The quantitative estimate of drug-likeness (QED) is 0.0353. The molecular weight excluding hydrogens is 696 g/mol. The van der Waals surface area contributed by atoms with Crippen LogP contribution in [0, 0.1) is 0 Å². The van der Waals surface area contributed by atoms with Crippen molar-refractivity contribution in [2.24, 2.45) is 0 Å².